The van der Waals surface area contributed by atoms with Gasteiger partial charge in [0.05, 0.1) is 22.5 Å². The molecule has 5 aliphatic carbocycles. The molecule has 0 saturated heterocycles. The Kier molecular flexibility index (Phi) is 9.21. The molecule has 0 bridgehead atoms. The Morgan fingerprint density at radius 1 is 0.673 bits per heavy atom. The van der Waals surface area contributed by atoms with Crippen LogP contribution >= 0.6 is 0 Å². The lowest BCUT2D eigenvalue weighted by Gasteiger charge is -2.71. The van der Waals surface area contributed by atoms with Crippen molar-refractivity contribution in [2.45, 2.75) is 142 Å². The van der Waals surface area contributed by atoms with Crippen LogP contribution in [0.1, 0.15) is 124 Å². The predicted molar refractivity (Wildman–Crippen MR) is 207 cm³/mol. The summed E-state index contributed by atoms with van der Waals surface area (Å²) in [6.07, 6.45) is 12.1. The van der Waals surface area contributed by atoms with Gasteiger partial charge in [-0.3, -0.25) is 8.37 Å². The van der Waals surface area contributed by atoms with Crippen molar-refractivity contribution in [3.63, 3.8) is 0 Å². The minimum Gasteiger partial charge on any atom is -0.266 e. The summed E-state index contributed by atoms with van der Waals surface area (Å²) < 4.78 is 66.2. The molecule has 7 rings (SSSR count). The summed E-state index contributed by atoms with van der Waals surface area (Å²) in [6, 6.07) is 14.0. The zero-order valence-corrected chi connectivity index (χ0v) is 34.7. The lowest BCUT2D eigenvalue weighted by molar-refractivity contribution is -0.200. The number of rotatable bonds is 7. The van der Waals surface area contributed by atoms with E-state index in [4.69, 9.17) is 8.37 Å². The van der Waals surface area contributed by atoms with Crippen molar-refractivity contribution < 1.29 is 25.2 Å². The van der Waals surface area contributed by atoms with E-state index in [1.165, 1.54) is 0 Å². The van der Waals surface area contributed by atoms with E-state index in [0.29, 0.717) is 11.8 Å². The summed E-state index contributed by atoms with van der Waals surface area (Å²) in [5.74, 6) is 1.07. The van der Waals surface area contributed by atoms with Gasteiger partial charge in [-0.2, -0.15) is 16.8 Å². The fourth-order valence-corrected chi connectivity index (χ4v) is 14.9. The average molecular weight is 751 g/mol. The molecule has 0 spiro atoms. The Morgan fingerprint density at radius 2 is 1.25 bits per heavy atom. The van der Waals surface area contributed by atoms with E-state index in [2.05, 4.69) is 54.5 Å². The number of allylic oxidation sites excluding steroid dienone is 2. The van der Waals surface area contributed by atoms with E-state index in [0.717, 1.165) is 75.3 Å². The molecular formula is C44H62O6S2. The average Bonchev–Trinajstić information content (AvgIpc) is 3.06. The van der Waals surface area contributed by atoms with Crippen LogP contribution in [0.5, 0.6) is 0 Å². The Balaban J connectivity index is 1.17. The molecule has 0 aromatic heterocycles. The molecule has 4 fully saturated rings. The van der Waals surface area contributed by atoms with Gasteiger partial charge in [-0.05, 0) is 147 Å². The molecule has 0 amide bonds. The first kappa shape index (κ1) is 38.3. The maximum Gasteiger partial charge on any atom is 0.297 e. The molecule has 0 aliphatic heterocycles. The van der Waals surface area contributed by atoms with Gasteiger partial charge in [0.15, 0.2) is 0 Å². The summed E-state index contributed by atoms with van der Waals surface area (Å²) in [4.78, 5) is 0.463. The van der Waals surface area contributed by atoms with Crippen molar-refractivity contribution >= 4 is 20.2 Å². The van der Waals surface area contributed by atoms with Gasteiger partial charge < -0.3 is 0 Å². The van der Waals surface area contributed by atoms with Crippen molar-refractivity contribution in [3.05, 3.63) is 71.3 Å². The van der Waals surface area contributed by atoms with E-state index in [1.807, 2.05) is 38.1 Å². The van der Waals surface area contributed by atoms with Crippen LogP contribution in [-0.4, -0.2) is 29.5 Å². The Labute approximate surface area is 314 Å². The second-order valence-electron chi connectivity index (χ2n) is 19.8. The molecule has 2 aromatic rings. The standard InChI is InChI=1S/C44H62O6S2/c1-30-10-14-32(15-11-30)51(45,46)49-29-44-26-24-39(3,4)28-35(44)34-18-19-37-41(7)22-21-38(50-52(47,48)33-16-12-31(2)13-17-33)40(5,6)36(41)20-23-43(37,9)42(34,8)25-27-44/h10-18,35-38H,19-29H2,1-9H3/t35-,36-,37+,38-,41-,42+,43+,44+/m0/s1. The van der Waals surface area contributed by atoms with E-state index in [1.54, 1.807) is 29.8 Å². The molecule has 0 unspecified atom stereocenters. The van der Waals surface area contributed by atoms with Crippen LogP contribution in [0.25, 0.3) is 0 Å². The highest BCUT2D eigenvalue weighted by Gasteiger charge is 2.68. The van der Waals surface area contributed by atoms with Crippen molar-refractivity contribution in [1.29, 1.82) is 0 Å². The molecule has 52 heavy (non-hydrogen) atoms. The van der Waals surface area contributed by atoms with Crippen LogP contribution in [0.15, 0.2) is 70.0 Å². The quantitative estimate of drug-likeness (QED) is 0.207. The molecule has 0 heterocycles. The smallest absolute Gasteiger partial charge is 0.266 e. The molecule has 0 radical (unpaired) electrons. The van der Waals surface area contributed by atoms with Crippen molar-refractivity contribution in [1.82, 2.24) is 0 Å². The molecule has 8 atom stereocenters. The summed E-state index contributed by atoms with van der Waals surface area (Å²) in [7, 11) is -7.75. The minimum absolute atomic E-state index is 0.00636. The minimum atomic E-state index is -3.88. The van der Waals surface area contributed by atoms with E-state index in [9.17, 15) is 16.8 Å². The molecule has 6 nitrogen and oxygen atoms in total. The van der Waals surface area contributed by atoms with Crippen LogP contribution in [0.3, 0.4) is 0 Å². The highest BCUT2D eigenvalue weighted by Crippen LogP contribution is 2.76. The van der Waals surface area contributed by atoms with Crippen molar-refractivity contribution in [2.75, 3.05) is 6.61 Å². The van der Waals surface area contributed by atoms with Gasteiger partial charge in [0.2, 0.25) is 0 Å². The first-order chi connectivity index (χ1) is 24.1. The SMILES string of the molecule is Cc1ccc(S(=O)(=O)OC[C@]23CCC(C)(C)C[C@H]2C2=CC[C@@H]4[C@@]5(C)CC[C@H](OS(=O)(=O)c6ccc(C)cc6)C(C)(C)[C@@H]5CC[C@@]4(C)[C@]2(C)CC3)cc1. The maximum absolute atomic E-state index is 13.5. The summed E-state index contributed by atoms with van der Waals surface area (Å²) >= 11 is 0. The zero-order chi connectivity index (χ0) is 37.8. The van der Waals surface area contributed by atoms with Crippen LogP contribution < -0.4 is 0 Å². The predicted octanol–water partition coefficient (Wildman–Crippen LogP) is 10.6. The molecular weight excluding hydrogens is 689 g/mol. The Hall–Kier alpha value is -2.00. The van der Waals surface area contributed by atoms with Crippen LogP contribution in [-0.2, 0) is 28.6 Å². The molecule has 0 N–H and O–H groups in total. The zero-order valence-electron chi connectivity index (χ0n) is 33.0. The van der Waals surface area contributed by atoms with Gasteiger partial charge >= 0.3 is 0 Å². The third-order valence-corrected chi connectivity index (χ3v) is 18.7. The van der Waals surface area contributed by atoms with Gasteiger partial charge in [0.1, 0.15) is 0 Å². The van der Waals surface area contributed by atoms with Gasteiger partial charge in [-0.15, -0.1) is 0 Å². The third kappa shape index (κ3) is 5.99. The first-order valence-corrected chi connectivity index (χ1v) is 22.6. The highest BCUT2D eigenvalue weighted by atomic mass is 32.2. The number of benzene rings is 2. The van der Waals surface area contributed by atoms with Crippen LogP contribution in [0, 0.1) is 64.1 Å². The first-order valence-electron chi connectivity index (χ1n) is 19.8. The summed E-state index contributed by atoms with van der Waals surface area (Å²) in [5.41, 5.74) is 3.36. The number of fused-ring (bicyclic) bond motifs is 7. The van der Waals surface area contributed by atoms with Gasteiger partial charge in [0, 0.05) is 5.41 Å². The lowest BCUT2D eigenvalue weighted by atomic mass is 9.33. The topological polar surface area (TPSA) is 86.7 Å². The largest absolute Gasteiger partial charge is 0.297 e. The molecule has 5 aliphatic rings. The summed E-state index contributed by atoms with van der Waals surface area (Å²) in [5, 5.41) is 0. The van der Waals surface area contributed by atoms with E-state index < -0.39 is 20.2 Å². The maximum atomic E-state index is 13.5. The number of hydrogen-bond donors (Lipinski definition) is 0. The normalized spacial score (nSPS) is 38.2. The molecule has 2 aromatic carbocycles. The number of aryl methyl sites for hydroxylation is 2. The van der Waals surface area contributed by atoms with Crippen molar-refractivity contribution in [2.24, 2.45) is 50.2 Å². The van der Waals surface area contributed by atoms with Crippen LogP contribution in [0.2, 0.25) is 0 Å². The molecule has 286 valence electrons. The molecule has 4 saturated carbocycles. The summed E-state index contributed by atoms with van der Waals surface area (Å²) in [6.45, 7) is 21.0. The van der Waals surface area contributed by atoms with E-state index >= 15 is 0 Å². The Morgan fingerprint density at radius 3 is 1.87 bits per heavy atom. The number of hydrogen-bond acceptors (Lipinski definition) is 6. The fourth-order valence-electron chi connectivity index (χ4n) is 12.6. The Bertz CT molecular complexity index is 1950. The second-order valence-corrected chi connectivity index (χ2v) is 23.0. The highest BCUT2D eigenvalue weighted by molar-refractivity contribution is 7.87. The van der Waals surface area contributed by atoms with E-state index in [-0.39, 0.29) is 60.9 Å². The monoisotopic (exact) mass is 750 g/mol. The third-order valence-electron chi connectivity index (χ3n) is 16.1. The van der Waals surface area contributed by atoms with Crippen LogP contribution in [0.4, 0.5) is 0 Å². The molecule has 8 heteroatoms. The fraction of sp³-hybridized carbons (Fsp3) is 0.682. The van der Waals surface area contributed by atoms with Gasteiger partial charge in [-0.25, -0.2) is 0 Å². The van der Waals surface area contributed by atoms with Gasteiger partial charge in [0.25, 0.3) is 20.2 Å². The lowest BCUT2D eigenvalue weighted by Crippen LogP contribution is -2.65. The van der Waals surface area contributed by atoms with Crippen molar-refractivity contribution in [3.8, 4) is 0 Å². The second kappa shape index (κ2) is 12.5. The van der Waals surface area contributed by atoms with Gasteiger partial charge in [-0.1, -0.05) is 95.5 Å².